The van der Waals surface area contributed by atoms with Crippen LogP contribution in [0.3, 0.4) is 0 Å². The van der Waals surface area contributed by atoms with E-state index in [1.165, 1.54) is 7.11 Å². The van der Waals surface area contributed by atoms with Crippen LogP contribution in [0.1, 0.15) is 20.3 Å². The summed E-state index contributed by atoms with van der Waals surface area (Å²) in [6, 6.07) is 0. The molecule has 0 N–H and O–H groups in total. The van der Waals surface area contributed by atoms with Crippen LogP contribution in [0.4, 0.5) is 0 Å². The number of methoxy groups -OCH3 is 1. The quantitative estimate of drug-likeness (QED) is 0.443. The van der Waals surface area contributed by atoms with Crippen molar-refractivity contribution in [2.24, 2.45) is 5.92 Å². The van der Waals surface area contributed by atoms with Crippen LogP contribution in [0.5, 0.6) is 0 Å². The minimum absolute atomic E-state index is 0.120. The van der Waals surface area contributed by atoms with Crippen LogP contribution in [0, 0.1) is 5.92 Å². The molecular weight excluding hydrogens is 128 g/mol. The van der Waals surface area contributed by atoms with Crippen LogP contribution in [0.15, 0.2) is 12.2 Å². The highest BCUT2D eigenvalue weighted by Crippen LogP contribution is 2.13. The highest BCUT2D eigenvalue weighted by molar-refractivity contribution is 5.75. The second kappa shape index (κ2) is 4.09. The van der Waals surface area contributed by atoms with Crippen LogP contribution in [-0.2, 0) is 9.53 Å². The summed E-state index contributed by atoms with van der Waals surface area (Å²) in [5, 5.41) is 0. The molecule has 1 atom stereocenters. The average molecular weight is 142 g/mol. The number of ether oxygens (including phenoxy) is 1. The van der Waals surface area contributed by atoms with Gasteiger partial charge in [-0.1, -0.05) is 19.1 Å². The molecule has 0 saturated carbocycles. The van der Waals surface area contributed by atoms with Crippen molar-refractivity contribution in [2.45, 2.75) is 20.3 Å². The first-order valence-corrected chi connectivity index (χ1v) is 3.36. The van der Waals surface area contributed by atoms with Crippen molar-refractivity contribution in [1.29, 1.82) is 0 Å². The molecule has 0 spiro atoms. The summed E-state index contributed by atoms with van der Waals surface area (Å²) >= 11 is 0. The number of esters is 1. The third-order valence-electron chi connectivity index (χ3n) is 1.49. The molecule has 0 aromatic carbocycles. The summed E-state index contributed by atoms with van der Waals surface area (Å²) in [5.41, 5.74) is 0.870. The molecule has 2 heteroatoms. The molecule has 58 valence electrons. The first-order valence-electron chi connectivity index (χ1n) is 3.36. The average Bonchev–Trinajstić information content (AvgIpc) is 1.88. The molecule has 10 heavy (non-hydrogen) atoms. The molecule has 0 aliphatic rings. The van der Waals surface area contributed by atoms with Crippen molar-refractivity contribution in [1.82, 2.24) is 0 Å². The van der Waals surface area contributed by atoms with Crippen molar-refractivity contribution >= 4 is 5.97 Å². The third kappa shape index (κ3) is 2.21. The molecule has 0 radical (unpaired) electrons. The Bertz CT molecular complexity index is 138. The molecule has 2 nitrogen and oxygen atoms in total. The van der Waals surface area contributed by atoms with Gasteiger partial charge in [0.2, 0.25) is 0 Å². The van der Waals surface area contributed by atoms with Crippen LogP contribution in [0.25, 0.3) is 0 Å². The zero-order valence-electron chi connectivity index (χ0n) is 6.81. The fourth-order valence-corrected chi connectivity index (χ4v) is 0.859. The number of hydrogen-bond acceptors (Lipinski definition) is 2. The van der Waals surface area contributed by atoms with E-state index in [1.54, 1.807) is 0 Å². The minimum Gasteiger partial charge on any atom is -0.469 e. The van der Waals surface area contributed by atoms with E-state index in [0.717, 1.165) is 12.0 Å². The maximum atomic E-state index is 10.9. The highest BCUT2D eigenvalue weighted by Gasteiger charge is 2.16. The molecule has 0 fully saturated rings. The zero-order chi connectivity index (χ0) is 8.15. The van der Waals surface area contributed by atoms with Gasteiger partial charge in [0, 0.05) is 0 Å². The first kappa shape index (κ1) is 9.21. The molecule has 0 bridgehead atoms. The lowest BCUT2D eigenvalue weighted by molar-refractivity contribution is -0.144. The second-order valence-electron chi connectivity index (χ2n) is 2.33. The summed E-state index contributed by atoms with van der Waals surface area (Å²) in [6.07, 6.45) is 0.766. The van der Waals surface area contributed by atoms with E-state index >= 15 is 0 Å². The van der Waals surface area contributed by atoms with Crippen molar-refractivity contribution < 1.29 is 9.53 Å². The van der Waals surface area contributed by atoms with E-state index in [-0.39, 0.29) is 11.9 Å². The summed E-state index contributed by atoms with van der Waals surface area (Å²) in [7, 11) is 1.40. The summed E-state index contributed by atoms with van der Waals surface area (Å²) in [6.45, 7) is 7.47. The number of carbonyl (C=O) groups is 1. The molecule has 1 unspecified atom stereocenters. The fourth-order valence-electron chi connectivity index (χ4n) is 0.859. The van der Waals surface area contributed by atoms with Gasteiger partial charge in [-0.05, 0) is 13.3 Å². The summed E-state index contributed by atoms with van der Waals surface area (Å²) in [5.74, 6) is -0.306. The van der Waals surface area contributed by atoms with Gasteiger partial charge < -0.3 is 4.74 Å². The van der Waals surface area contributed by atoms with E-state index < -0.39 is 0 Å². The van der Waals surface area contributed by atoms with Crippen molar-refractivity contribution in [2.75, 3.05) is 7.11 Å². The Balaban J connectivity index is 4.06. The topological polar surface area (TPSA) is 26.3 Å². The largest absolute Gasteiger partial charge is 0.469 e. The van der Waals surface area contributed by atoms with Gasteiger partial charge in [0.15, 0.2) is 0 Å². The molecular formula is C8H14O2. The molecule has 0 aromatic rings. The minimum atomic E-state index is -0.185. The van der Waals surface area contributed by atoms with Crippen molar-refractivity contribution in [3.63, 3.8) is 0 Å². The summed E-state index contributed by atoms with van der Waals surface area (Å²) < 4.78 is 4.56. The van der Waals surface area contributed by atoms with E-state index in [0.29, 0.717) is 0 Å². The van der Waals surface area contributed by atoms with E-state index in [4.69, 9.17) is 0 Å². The third-order valence-corrected chi connectivity index (χ3v) is 1.49. The van der Waals surface area contributed by atoms with Gasteiger partial charge in [-0.3, -0.25) is 4.79 Å². The lowest BCUT2D eigenvalue weighted by Crippen LogP contribution is -2.15. The monoisotopic (exact) mass is 142 g/mol. The molecule has 0 amide bonds. The molecule has 0 rings (SSSR count). The number of hydrogen-bond donors (Lipinski definition) is 0. The van der Waals surface area contributed by atoms with Crippen molar-refractivity contribution in [3.05, 3.63) is 12.2 Å². The van der Waals surface area contributed by atoms with Crippen LogP contribution in [-0.4, -0.2) is 13.1 Å². The van der Waals surface area contributed by atoms with Gasteiger partial charge in [-0.25, -0.2) is 0 Å². The Kier molecular flexibility index (Phi) is 3.77. The Morgan fingerprint density at radius 2 is 2.20 bits per heavy atom. The predicted molar refractivity (Wildman–Crippen MR) is 40.6 cm³/mol. The van der Waals surface area contributed by atoms with Crippen LogP contribution in [0.2, 0.25) is 0 Å². The number of carbonyl (C=O) groups excluding carboxylic acids is 1. The summed E-state index contributed by atoms with van der Waals surface area (Å²) in [4.78, 5) is 10.9. The lowest BCUT2D eigenvalue weighted by atomic mass is 10.00. The zero-order valence-corrected chi connectivity index (χ0v) is 6.81. The van der Waals surface area contributed by atoms with Gasteiger partial charge >= 0.3 is 5.97 Å². The SMILES string of the molecule is C=C(C)C(CC)C(=O)OC. The van der Waals surface area contributed by atoms with Gasteiger partial charge in [-0.15, -0.1) is 0 Å². The van der Waals surface area contributed by atoms with Gasteiger partial charge in [0.25, 0.3) is 0 Å². The van der Waals surface area contributed by atoms with E-state index in [9.17, 15) is 4.79 Å². The normalized spacial score (nSPS) is 12.3. The molecule has 0 aliphatic carbocycles. The lowest BCUT2D eigenvalue weighted by Gasteiger charge is -2.10. The maximum absolute atomic E-state index is 10.9. The maximum Gasteiger partial charge on any atom is 0.312 e. The first-order chi connectivity index (χ1) is 4.63. The fraction of sp³-hybridized carbons (Fsp3) is 0.625. The van der Waals surface area contributed by atoms with Gasteiger partial charge in [0.05, 0.1) is 13.0 Å². The van der Waals surface area contributed by atoms with Crippen LogP contribution < -0.4 is 0 Å². The van der Waals surface area contributed by atoms with Gasteiger partial charge in [-0.2, -0.15) is 0 Å². The Morgan fingerprint density at radius 1 is 1.70 bits per heavy atom. The Morgan fingerprint density at radius 3 is 2.30 bits per heavy atom. The van der Waals surface area contributed by atoms with E-state index in [1.807, 2.05) is 13.8 Å². The second-order valence-corrected chi connectivity index (χ2v) is 2.33. The molecule has 0 heterocycles. The van der Waals surface area contributed by atoms with Crippen LogP contribution >= 0.6 is 0 Å². The Labute approximate surface area is 61.9 Å². The molecule has 0 saturated heterocycles. The number of rotatable bonds is 3. The molecule has 0 aliphatic heterocycles. The highest BCUT2D eigenvalue weighted by atomic mass is 16.5. The smallest absolute Gasteiger partial charge is 0.312 e. The van der Waals surface area contributed by atoms with Gasteiger partial charge in [0.1, 0.15) is 0 Å². The predicted octanol–water partition coefficient (Wildman–Crippen LogP) is 1.76. The Hall–Kier alpha value is -0.790. The molecule has 0 aromatic heterocycles. The standard InChI is InChI=1S/C8H14O2/c1-5-7(6(2)3)8(9)10-4/h7H,2,5H2,1,3-4H3. The van der Waals surface area contributed by atoms with Crippen molar-refractivity contribution in [3.8, 4) is 0 Å². The van der Waals surface area contributed by atoms with E-state index in [2.05, 4.69) is 11.3 Å².